The number of likely N-dealkylation sites (N-methyl/N-ethyl adjacent to an activating group) is 2. The molecule has 0 bridgehead atoms. The summed E-state index contributed by atoms with van der Waals surface area (Å²) in [7, 11) is 6.12. The van der Waals surface area contributed by atoms with Crippen LogP contribution in [0.3, 0.4) is 0 Å². The van der Waals surface area contributed by atoms with Crippen LogP contribution in [-0.4, -0.2) is 70.6 Å². The van der Waals surface area contributed by atoms with E-state index in [9.17, 15) is 5.11 Å². The van der Waals surface area contributed by atoms with E-state index in [0.29, 0.717) is 6.42 Å². The highest BCUT2D eigenvalue weighted by Gasteiger charge is 2.29. The Morgan fingerprint density at radius 2 is 2.05 bits per heavy atom. The van der Waals surface area contributed by atoms with Crippen LogP contribution in [-0.2, 0) is 13.5 Å². The van der Waals surface area contributed by atoms with Crippen molar-refractivity contribution in [3.8, 4) is 0 Å². The first kappa shape index (κ1) is 15.0. The molecule has 1 aromatic heterocycles. The first-order valence-electron chi connectivity index (χ1n) is 6.65. The first-order chi connectivity index (χ1) is 8.90. The Kier molecular flexibility index (Phi) is 4.66. The molecule has 2 atom stereocenters. The molecule has 0 spiro atoms. The van der Waals surface area contributed by atoms with Crippen molar-refractivity contribution in [2.24, 2.45) is 7.05 Å². The van der Waals surface area contributed by atoms with E-state index in [2.05, 4.69) is 44.9 Å². The largest absolute Gasteiger partial charge is 0.391 e. The van der Waals surface area contributed by atoms with Gasteiger partial charge in [0.05, 0.1) is 22.0 Å². The normalized spacial score (nSPS) is 23.8. The van der Waals surface area contributed by atoms with E-state index in [0.717, 1.165) is 35.5 Å². The maximum Gasteiger partial charge on any atom is 0.0763 e. The van der Waals surface area contributed by atoms with E-state index in [-0.39, 0.29) is 12.1 Å². The minimum atomic E-state index is -0.376. The Labute approximate surface area is 123 Å². The van der Waals surface area contributed by atoms with Gasteiger partial charge in [-0.25, -0.2) is 0 Å². The number of aryl methyl sites for hydroxylation is 2. The summed E-state index contributed by atoms with van der Waals surface area (Å²) in [5.74, 6) is 0. The molecule has 5 nitrogen and oxygen atoms in total. The van der Waals surface area contributed by atoms with E-state index in [1.54, 1.807) is 0 Å². The molecule has 0 radical (unpaired) electrons. The van der Waals surface area contributed by atoms with E-state index in [1.165, 1.54) is 0 Å². The third-order valence-corrected chi connectivity index (χ3v) is 5.04. The highest BCUT2D eigenvalue weighted by atomic mass is 79.9. The zero-order valence-corrected chi connectivity index (χ0v) is 13.7. The molecule has 1 saturated heterocycles. The number of rotatable bonds is 3. The highest BCUT2D eigenvalue weighted by Crippen LogP contribution is 2.23. The van der Waals surface area contributed by atoms with Gasteiger partial charge in [0.15, 0.2) is 0 Å². The van der Waals surface area contributed by atoms with Gasteiger partial charge in [-0.15, -0.1) is 0 Å². The average molecular weight is 331 g/mol. The summed E-state index contributed by atoms with van der Waals surface area (Å²) in [5, 5.41) is 14.9. The maximum atomic E-state index is 10.5. The van der Waals surface area contributed by atoms with Crippen LogP contribution in [0.25, 0.3) is 0 Å². The average Bonchev–Trinajstić information content (AvgIpc) is 2.59. The Balaban J connectivity index is 2.09. The van der Waals surface area contributed by atoms with Gasteiger partial charge in [-0.1, -0.05) is 0 Å². The summed E-state index contributed by atoms with van der Waals surface area (Å²) in [6.45, 7) is 4.95. The van der Waals surface area contributed by atoms with Crippen LogP contribution >= 0.6 is 15.9 Å². The van der Waals surface area contributed by atoms with Crippen molar-refractivity contribution < 1.29 is 5.11 Å². The van der Waals surface area contributed by atoms with Crippen molar-refractivity contribution in [2.45, 2.75) is 25.5 Å². The number of piperazine rings is 1. The molecular formula is C13H23BrN4O. The second-order valence-corrected chi connectivity index (χ2v) is 6.34. The lowest BCUT2D eigenvalue weighted by molar-refractivity contribution is 0.0144. The van der Waals surface area contributed by atoms with E-state index >= 15 is 0 Å². The summed E-state index contributed by atoms with van der Waals surface area (Å²) in [4.78, 5) is 4.53. The molecular weight excluding hydrogens is 308 g/mol. The lowest BCUT2D eigenvalue weighted by Crippen LogP contribution is -2.55. The summed E-state index contributed by atoms with van der Waals surface area (Å²) in [5.41, 5.74) is 2.03. The van der Waals surface area contributed by atoms with Gasteiger partial charge in [-0.2, -0.15) is 5.10 Å². The molecule has 2 rings (SSSR count). The van der Waals surface area contributed by atoms with Gasteiger partial charge in [0.25, 0.3) is 0 Å². The monoisotopic (exact) mass is 330 g/mol. The van der Waals surface area contributed by atoms with Gasteiger partial charge >= 0.3 is 0 Å². The van der Waals surface area contributed by atoms with Crippen LogP contribution in [0, 0.1) is 6.92 Å². The van der Waals surface area contributed by atoms with Gasteiger partial charge in [-0.3, -0.25) is 9.58 Å². The Morgan fingerprint density at radius 3 is 2.63 bits per heavy atom. The molecule has 0 aromatic carbocycles. The van der Waals surface area contributed by atoms with E-state index in [1.807, 2.05) is 18.7 Å². The predicted molar refractivity (Wildman–Crippen MR) is 79.3 cm³/mol. The van der Waals surface area contributed by atoms with Crippen molar-refractivity contribution >= 4 is 15.9 Å². The number of hydrogen-bond donors (Lipinski definition) is 1. The number of aliphatic hydroxyl groups is 1. The highest BCUT2D eigenvalue weighted by molar-refractivity contribution is 9.10. The molecule has 1 aromatic rings. The molecule has 2 heterocycles. The lowest BCUT2D eigenvalue weighted by Gasteiger charge is -2.40. The molecule has 0 aliphatic carbocycles. The Hall–Kier alpha value is -0.430. The Morgan fingerprint density at radius 1 is 1.37 bits per heavy atom. The lowest BCUT2D eigenvalue weighted by atomic mass is 10.0. The molecule has 0 saturated carbocycles. The molecule has 2 unspecified atom stereocenters. The number of aliphatic hydroxyl groups excluding tert-OH is 1. The first-order valence-corrected chi connectivity index (χ1v) is 7.44. The van der Waals surface area contributed by atoms with E-state index < -0.39 is 0 Å². The van der Waals surface area contributed by atoms with Crippen LogP contribution in [0.4, 0.5) is 0 Å². The topological polar surface area (TPSA) is 44.5 Å². The smallest absolute Gasteiger partial charge is 0.0763 e. The second-order valence-electron chi connectivity index (χ2n) is 5.55. The standard InChI is InChI=1S/C13H23BrN4O/c1-9-13(14)10(18(4)15-9)7-12(19)11-8-16(2)5-6-17(11)3/h11-12,19H,5-8H2,1-4H3. The number of nitrogens with zero attached hydrogens (tertiary/aromatic N) is 4. The molecule has 1 aliphatic heterocycles. The molecule has 1 N–H and O–H groups in total. The molecule has 0 amide bonds. The molecule has 1 fully saturated rings. The van der Waals surface area contributed by atoms with Crippen molar-refractivity contribution in [2.75, 3.05) is 33.7 Å². The van der Waals surface area contributed by atoms with Crippen LogP contribution in [0.1, 0.15) is 11.4 Å². The van der Waals surface area contributed by atoms with Crippen molar-refractivity contribution in [1.82, 2.24) is 19.6 Å². The number of hydrogen-bond acceptors (Lipinski definition) is 4. The molecule has 108 valence electrons. The number of halogens is 1. The SMILES string of the molecule is Cc1nn(C)c(CC(O)C2CN(C)CCN2C)c1Br. The van der Waals surface area contributed by atoms with Gasteiger partial charge in [0, 0.05) is 39.1 Å². The molecule has 1 aliphatic rings. The third-order valence-electron chi connectivity index (χ3n) is 4.01. The van der Waals surface area contributed by atoms with Gasteiger partial charge < -0.3 is 10.0 Å². The fourth-order valence-electron chi connectivity index (χ4n) is 2.70. The van der Waals surface area contributed by atoms with Crippen molar-refractivity contribution in [1.29, 1.82) is 0 Å². The van der Waals surface area contributed by atoms with Crippen LogP contribution < -0.4 is 0 Å². The van der Waals surface area contributed by atoms with Gasteiger partial charge in [-0.05, 0) is 36.9 Å². The zero-order valence-electron chi connectivity index (χ0n) is 12.1. The molecule has 6 heteroatoms. The maximum absolute atomic E-state index is 10.5. The second kappa shape index (κ2) is 5.91. The quantitative estimate of drug-likeness (QED) is 0.883. The minimum Gasteiger partial charge on any atom is -0.391 e. The number of aromatic nitrogens is 2. The zero-order chi connectivity index (χ0) is 14.2. The van der Waals surface area contributed by atoms with Gasteiger partial charge in [0.2, 0.25) is 0 Å². The van der Waals surface area contributed by atoms with Crippen LogP contribution in [0.2, 0.25) is 0 Å². The Bertz CT molecular complexity index is 448. The van der Waals surface area contributed by atoms with Crippen LogP contribution in [0.15, 0.2) is 4.47 Å². The van der Waals surface area contributed by atoms with Crippen molar-refractivity contribution in [3.63, 3.8) is 0 Å². The van der Waals surface area contributed by atoms with Crippen molar-refractivity contribution in [3.05, 3.63) is 15.9 Å². The predicted octanol–water partition coefficient (Wildman–Crippen LogP) is 0.640. The molecule has 19 heavy (non-hydrogen) atoms. The minimum absolute atomic E-state index is 0.181. The summed E-state index contributed by atoms with van der Waals surface area (Å²) in [6.07, 6.45) is 0.250. The van der Waals surface area contributed by atoms with Gasteiger partial charge in [0.1, 0.15) is 0 Å². The van der Waals surface area contributed by atoms with E-state index in [4.69, 9.17) is 0 Å². The fourth-order valence-corrected chi connectivity index (χ4v) is 3.19. The van der Waals surface area contributed by atoms with Crippen LogP contribution in [0.5, 0.6) is 0 Å². The summed E-state index contributed by atoms with van der Waals surface area (Å²) >= 11 is 3.56. The summed E-state index contributed by atoms with van der Waals surface area (Å²) < 4.78 is 2.87. The fraction of sp³-hybridized carbons (Fsp3) is 0.769. The summed E-state index contributed by atoms with van der Waals surface area (Å²) in [6, 6.07) is 0.181. The third kappa shape index (κ3) is 3.18.